The fourth-order valence-corrected chi connectivity index (χ4v) is 4.53. The van der Waals surface area contributed by atoms with Crippen molar-refractivity contribution in [3.63, 3.8) is 0 Å². The summed E-state index contributed by atoms with van der Waals surface area (Å²) in [4.78, 5) is 19.9. The zero-order valence-electron chi connectivity index (χ0n) is 17.5. The fourth-order valence-electron chi connectivity index (χ4n) is 3.54. The second-order valence-corrected chi connectivity index (χ2v) is 8.55. The average Bonchev–Trinajstić information content (AvgIpc) is 3.41. The lowest BCUT2D eigenvalue weighted by atomic mass is 10.1. The molecule has 2 heterocycles. The molecule has 0 bridgehead atoms. The Labute approximate surface area is 180 Å². The molecule has 6 nitrogen and oxygen atoms in total. The van der Waals surface area contributed by atoms with Gasteiger partial charge in [-0.3, -0.25) is 9.69 Å². The molecule has 1 amide bonds. The van der Waals surface area contributed by atoms with Crippen molar-refractivity contribution in [2.24, 2.45) is 0 Å². The van der Waals surface area contributed by atoms with E-state index in [0.29, 0.717) is 23.0 Å². The van der Waals surface area contributed by atoms with E-state index >= 15 is 0 Å². The highest BCUT2D eigenvalue weighted by molar-refractivity contribution is 7.22. The number of carbonyl (C=O) groups is 1. The van der Waals surface area contributed by atoms with Gasteiger partial charge in [-0.25, -0.2) is 4.98 Å². The highest BCUT2D eigenvalue weighted by Crippen LogP contribution is 2.35. The van der Waals surface area contributed by atoms with Crippen LogP contribution in [0.2, 0.25) is 0 Å². The maximum atomic E-state index is 13.5. The maximum absolute atomic E-state index is 13.5. The Balaban J connectivity index is 1.66. The second kappa shape index (κ2) is 9.02. The summed E-state index contributed by atoms with van der Waals surface area (Å²) in [6.07, 6.45) is 2.06. The number of aromatic nitrogens is 1. The first-order valence-corrected chi connectivity index (χ1v) is 11.0. The van der Waals surface area contributed by atoms with Gasteiger partial charge in [0, 0.05) is 12.2 Å². The molecule has 0 radical (unpaired) electrons. The van der Waals surface area contributed by atoms with Gasteiger partial charge in [-0.15, -0.1) is 0 Å². The largest absolute Gasteiger partial charge is 0.494 e. The molecule has 0 saturated carbocycles. The number of ether oxygens (including phenoxy) is 3. The van der Waals surface area contributed by atoms with Crippen molar-refractivity contribution >= 4 is 32.6 Å². The van der Waals surface area contributed by atoms with Crippen LogP contribution in [-0.2, 0) is 4.74 Å². The van der Waals surface area contributed by atoms with Gasteiger partial charge in [-0.05, 0) is 63.1 Å². The van der Waals surface area contributed by atoms with E-state index in [0.717, 1.165) is 35.4 Å². The summed E-state index contributed by atoms with van der Waals surface area (Å²) in [5.41, 5.74) is 1.36. The van der Waals surface area contributed by atoms with Crippen molar-refractivity contribution in [3.05, 3.63) is 48.0 Å². The molecule has 1 saturated heterocycles. The van der Waals surface area contributed by atoms with Crippen LogP contribution in [0.25, 0.3) is 10.2 Å². The van der Waals surface area contributed by atoms with Crippen LogP contribution in [0, 0.1) is 0 Å². The maximum Gasteiger partial charge on any atom is 0.260 e. The molecule has 2 aromatic carbocycles. The molecule has 158 valence electrons. The minimum atomic E-state index is -0.0976. The van der Waals surface area contributed by atoms with Crippen LogP contribution in [0.3, 0.4) is 0 Å². The van der Waals surface area contributed by atoms with Gasteiger partial charge >= 0.3 is 0 Å². The van der Waals surface area contributed by atoms with Gasteiger partial charge in [-0.2, -0.15) is 0 Å². The zero-order valence-corrected chi connectivity index (χ0v) is 18.3. The van der Waals surface area contributed by atoms with Crippen LogP contribution in [-0.4, -0.2) is 43.4 Å². The van der Waals surface area contributed by atoms with Crippen molar-refractivity contribution < 1.29 is 19.0 Å². The Morgan fingerprint density at radius 2 is 2.07 bits per heavy atom. The number of thiazole rings is 1. The summed E-state index contributed by atoms with van der Waals surface area (Å²) in [6.45, 7) is 5.17. The Morgan fingerprint density at radius 1 is 1.27 bits per heavy atom. The van der Waals surface area contributed by atoms with Crippen LogP contribution in [0.15, 0.2) is 42.5 Å². The molecule has 7 heteroatoms. The number of methoxy groups -OCH3 is 1. The Kier molecular flexibility index (Phi) is 6.20. The third kappa shape index (κ3) is 4.42. The van der Waals surface area contributed by atoms with Crippen LogP contribution in [0.4, 0.5) is 5.13 Å². The third-order valence-electron chi connectivity index (χ3n) is 4.95. The molecule has 0 spiro atoms. The summed E-state index contributed by atoms with van der Waals surface area (Å²) < 4.78 is 17.9. The molecule has 1 atom stereocenters. The molecular weight excluding hydrogens is 400 g/mol. The number of rotatable bonds is 7. The first-order chi connectivity index (χ1) is 14.5. The smallest absolute Gasteiger partial charge is 0.260 e. The van der Waals surface area contributed by atoms with Gasteiger partial charge < -0.3 is 14.2 Å². The molecule has 1 aliphatic rings. The predicted molar refractivity (Wildman–Crippen MR) is 119 cm³/mol. The second-order valence-electron chi connectivity index (χ2n) is 7.55. The summed E-state index contributed by atoms with van der Waals surface area (Å²) in [6, 6.07) is 13.1. The Hall–Kier alpha value is -2.64. The summed E-state index contributed by atoms with van der Waals surface area (Å²) >= 11 is 1.49. The topological polar surface area (TPSA) is 60.9 Å². The van der Waals surface area contributed by atoms with Gasteiger partial charge in [0.2, 0.25) is 0 Å². The number of fused-ring (bicyclic) bond motifs is 1. The minimum absolute atomic E-state index is 0.0198. The van der Waals surface area contributed by atoms with Gasteiger partial charge in [-0.1, -0.05) is 17.4 Å². The van der Waals surface area contributed by atoms with E-state index in [9.17, 15) is 4.79 Å². The predicted octanol–water partition coefficient (Wildman–Crippen LogP) is 4.92. The van der Waals surface area contributed by atoms with Crippen molar-refractivity contribution in [2.75, 3.05) is 25.2 Å². The number of nitrogens with zero attached hydrogens (tertiary/aromatic N) is 2. The number of benzene rings is 2. The molecule has 1 fully saturated rings. The number of carbonyl (C=O) groups excluding carboxylic acids is 1. The lowest BCUT2D eigenvalue weighted by Crippen LogP contribution is -2.37. The highest BCUT2D eigenvalue weighted by Gasteiger charge is 2.27. The van der Waals surface area contributed by atoms with E-state index in [2.05, 4.69) is 0 Å². The SMILES string of the molecule is COc1cccc2sc(N(CC3CCCO3)C(=O)c3ccc(OC(C)C)cc3)nc12. The van der Waals surface area contributed by atoms with E-state index < -0.39 is 0 Å². The zero-order chi connectivity index (χ0) is 21.1. The van der Waals surface area contributed by atoms with Crippen LogP contribution in [0.1, 0.15) is 37.0 Å². The first kappa shape index (κ1) is 20.6. The van der Waals surface area contributed by atoms with Gasteiger partial charge in [0.25, 0.3) is 5.91 Å². The number of hydrogen-bond donors (Lipinski definition) is 0. The van der Waals surface area contributed by atoms with Crippen LogP contribution >= 0.6 is 11.3 Å². The van der Waals surface area contributed by atoms with Gasteiger partial charge in [0.15, 0.2) is 5.13 Å². The number of anilines is 1. The van der Waals surface area contributed by atoms with Crippen molar-refractivity contribution in [2.45, 2.75) is 38.9 Å². The van der Waals surface area contributed by atoms with Gasteiger partial charge in [0.05, 0.1) is 30.6 Å². The lowest BCUT2D eigenvalue weighted by Gasteiger charge is -2.23. The molecule has 3 aromatic rings. The molecule has 1 aliphatic heterocycles. The molecular formula is C23H26N2O4S. The van der Waals surface area contributed by atoms with E-state index in [4.69, 9.17) is 19.2 Å². The van der Waals surface area contributed by atoms with Crippen molar-refractivity contribution in [1.29, 1.82) is 0 Å². The first-order valence-electron chi connectivity index (χ1n) is 10.2. The number of amides is 1. The summed E-state index contributed by atoms with van der Waals surface area (Å²) in [7, 11) is 1.63. The van der Waals surface area contributed by atoms with Crippen molar-refractivity contribution in [3.8, 4) is 11.5 Å². The lowest BCUT2D eigenvalue weighted by molar-refractivity contribution is 0.0917. The molecule has 30 heavy (non-hydrogen) atoms. The Bertz CT molecular complexity index is 1010. The number of hydrogen-bond acceptors (Lipinski definition) is 6. The van der Waals surface area contributed by atoms with Gasteiger partial charge in [0.1, 0.15) is 17.0 Å². The summed E-state index contributed by atoms with van der Waals surface area (Å²) in [5.74, 6) is 1.35. The fraction of sp³-hybridized carbons (Fsp3) is 0.391. The molecule has 0 N–H and O–H groups in total. The van der Waals surface area contributed by atoms with Crippen LogP contribution < -0.4 is 14.4 Å². The van der Waals surface area contributed by atoms with E-state index in [-0.39, 0.29) is 18.1 Å². The van der Waals surface area contributed by atoms with E-state index in [1.165, 1.54) is 11.3 Å². The average molecular weight is 427 g/mol. The molecule has 4 rings (SSSR count). The monoisotopic (exact) mass is 426 g/mol. The molecule has 1 unspecified atom stereocenters. The third-order valence-corrected chi connectivity index (χ3v) is 5.99. The summed E-state index contributed by atoms with van der Waals surface area (Å²) in [5, 5.41) is 0.650. The van der Waals surface area contributed by atoms with Crippen molar-refractivity contribution in [1.82, 2.24) is 4.98 Å². The van der Waals surface area contributed by atoms with E-state index in [1.54, 1.807) is 24.1 Å². The molecule has 0 aliphatic carbocycles. The number of para-hydroxylation sites is 1. The highest BCUT2D eigenvalue weighted by atomic mass is 32.1. The minimum Gasteiger partial charge on any atom is -0.494 e. The van der Waals surface area contributed by atoms with Crippen LogP contribution in [0.5, 0.6) is 11.5 Å². The standard InChI is InChI=1S/C23H26N2O4S/c1-15(2)29-17-11-9-16(10-12-17)22(26)25(14-18-6-5-13-28-18)23-24-21-19(27-3)7-4-8-20(21)30-23/h4,7-12,15,18H,5-6,13-14H2,1-3H3. The Morgan fingerprint density at radius 3 is 2.73 bits per heavy atom. The molecule has 1 aromatic heterocycles. The van der Waals surface area contributed by atoms with E-state index in [1.807, 2.05) is 44.2 Å². The quantitative estimate of drug-likeness (QED) is 0.537. The normalized spacial score (nSPS) is 16.2.